The molecule has 3 aromatic rings. The summed E-state index contributed by atoms with van der Waals surface area (Å²) in [5.74, 6) is -2.19. The molecule has 41 heavy (non-hydrogen) atoms. The van der Waals surface area contributed by atoms with E-state index in [0.29, 0.717) is 17.9 Å². The Hall–Kier alpha value is -4.39. The van der Waals surface area contributed by atoms with Crippen molar-refractivity contribution in [3.8, 4) is 17.4 Å². The van der Waals surface area contributed by atoms with E-state index < -0.39 is 24.2 Å². The molecule has 1 fully saturated rings. The molecule has 1 saturated heterocycles. The molecule has 13 heteroatoms. The van der Waals surface area contributed by atoms with Crippen LogP contribution in [0.3, 0.4) is 0 Å². The van der Waals surface area contributed by atoms with E-state index in [9.17, 15) is 27.2 Å². The van der Waals surface area contributed by atoms with Crippen molar-refractivity contribution in [2.75, 3.05) is 45.9 Å². The lowest BCUT2D eigenvalue weighted by atomic mass is 9.97. The molecule has 1 aromatic heterocycles. The summed E-state index contributed by atoms with van der Waals surface area (Å²) in [4.78, 5) is 29.2. The van der Waals surface area contributed by atoms with Crippen LogP contribution in [0.1, 0.15) is 28.3 Å². The molecule has 1 aliphatic rings. The van der Waals surface area contributed by atoms with Gasteiger partial charge in [0.25, 0.3) is 5.91 Å². The maximum absolute atomic E-state index is 14.4. The largest absolute Gasteiger partial charge is 0.497 e. The molecule has 0 spiro atoms. The number of alkyl halides is 2. The van der Waals surface area contributed by atoms with Crippen molar-refractivity contribution in [2.24, 2.45) is 0 Å². The van der Waals surface area contributed by atoms with Crippen LogP contribution in [0.25, 0.3) is 0 Å². The molecule has 0 aliphatic carbocycles. The van der Waals surface area contributed by atoms with Gasteiger partial charge in [0, 0.05) is 62.5 Å². The fourth-order valence-corrected chi connectivity index (χ4v) is 4.06. The first-order valence-corrected chi connectivity index (χ1v) is 12.3. The van der Waals surface area contributed by atoms with Gasteiger partial charge in [-0.15, -0.1) is 0 Å². The molecule has 0 radical (unpaired) electrons. The third kappa shape index (κ3) is 8.30. The van der Waals surface area contributed by atoms with Gasteiger partial charge in [-0.05, 0) is 36.4 Å². The number of ether oxygens (including phenoxy) is 4. The van der Waals surface area contributed by atoms with Crippen molar-refractivity contribution in [1.82, 2.24) is 10.3 Å². The van der Waals surface area contributed by atoms with E-state index in [1.165, 1.54) is 43.3 Å². The van der Waals surface area contributed by atoms with E-state index in [2.05, 4.69) is 15.0 Å². The Labute approximate surface area is 234 Å². The van der Waals surface area contributed by atoms with Crippen LogP contribution in [0, 0.1) is 11.6 Å². The van der Waals surface area contributed by atoms with E-state index in [-0.39, 0.29) is 54.3 Å². The van der Waals surface area contributed by atoms with E-state index in [1.807, 2.05) is 0 Å². The smallest absolute Gasteiger partial charge is 0.387 e. The summed E-state index contributed by atoms with van der Waals surface area (Å²) in [6.45, 7) is -2.07. The lowest BCUT2D eigenvalue weighted by Gasteiger charge is -2.20. The molecule has 9 nitrogen and oxygen atoms in total. The van der Waals surface area contributed by atoms with Crippen LogP contribution < -0.4 is 24.4 Å². The van der Waals surface area contributed by atoms with Crippen molar-refractivity contribution in [2.45, 2.75) is 19.0 Å². The van der Waals surface area contributed by atoms with E-state index in [1.54, 1.807) is 25.4 Å². The number of carbonyl (C=O) groups is 2. The fourth-order valence-electron chi connectivity index (χ4n) is 4.06. The van der Waals surface area contributed by atoms with Gasteiger partial charge in [0.1, 0.15) is 35.4 Å². The van der Waals surface area contributed by atoms with Gasteiger partial charge in [-0.2, -0.15) is 8.78 Å². The summed E-state index contributed by atoms with van der Waals surface area (Å²) in [7, 11) is 4.38. The minimum Gasteiger partial charge on any atom is -0.497 e. The molecule has 220 valence electrons. The minimum absolute atomic E-state index is 0.00737. The van der Waals surface area contributed by atoms with Crippen molar-refractivity contribution >= 4 is 17.5 Å². The quantitative estimate of drug-likeness (QED) is 0.278. The molecule has 2 amide bonds. The van der Waals surface area contributed by atoms with E-state index in [0.717, 1.165) is 12.1 Å². The van der Waals surface area contributed by atoms with Crippen LogP contribution in [-0.4, -0.2) is 64.4 Å². The third-order valence-electron chi connectivity index (χ3n) is 5.96. The van der Waals surface area contributed by atoms with Crippen LogP contribution in [0.15, 0.2) is 54.7 Å². The number of benzene rings is 2. The number of carbonyl (C=O) groups excluding carboxylic acids is 2. The van der Waals surface area contributed by atoms with Crippen molar-refractivity contribution in [1.29, 1.82) is 0 Å². The number of anilines is 1. The van der Waals surface area contributed by atoms with Crippen LogP contribution in [0.2, 0.25) is 0 Å². The average molecular weight is 580 g/mol. The number of amides is 2. The number of hydrogen-bond acceptors (Lipinski definition) is 7. The molecular formula is C28H29F4N3O6. The molecule has 2 heterocycles. The highest BCUT2D eigenvalue weighted by Gasteiger charge is 2.36. The number of pyridine rings is 1. The number of methoxy groups -OCH3 is 2. The fraction of sp³-hybridized carbons (Fsp3) is 0.321. The zero-order valence-corrected chi connectivity index (χ0v) is 22.5. The van der Waals surface area contributed by atoms with Gasteiger partial charge in [0.15, 0.2) is 0 Å². The highest BCUT2D eigenvalue weighted by Crippen LogP contribution is 2.38. The van der Waals surface area contributed by atoms with Crippen molar-refractivity contribution in [3.05, 3.63) is 77.5 Å². The Bertz CT molecular complexity index is 1300. The number of aromatic nitrogens is 1. The van der Waals surface area contributed by atoms with Crippen LogP contribution >= 0.6 is 0 Å². The number of halogens is 4. The SMILES string of the molecule is CNC(=O)c1ccc(OC(F)F)cc1.COCCOc1ncccc1N1CC(c2c(F)cc(OC)cc2F)CC1=O. The lowest BCUT2D eigenvalue weighted by Crippen LogP contribution is -2.25. The third-order valence-corrected chi connectivity index (χ3v) is 5.96. The van der Waals surface area contributed by atoms with Gasteiger partial charge in [-0.25, -0.2) is 13.8 Å². The highest BCUT2D eigenvalue weighted by molar-refractivity contribution is 5.97. The maximum atomic E-state index is 14.4. The maximum Gasteiger partial charge on any atom is 0.387 e. The van der Waals surface area contributed by atoms with Crippen LogP contribution in [0.5, 0.6) is 17.4 Å². The van der Waals surface area contributed by atoms with Gasteiger partial charge in [-0.3, -0.25) is 9.59 Å². The zero-order valence-electron chi connectivity index (χ0n) is 22.5. The van der Waals surface area contributed by atoms with E-state index >= 15 is 0 Å². The number of hydrogen-bond donors (Lipinski definition) is 1. The Morgan fingerprint density at radius 3 is 2.34 bits per heavy atom. The first-order chi connectivity index (χ1) is 19.7. The summed E-state index contributed by atoms with van der Waals surface area (Å²) in [6.07, 6.45) is 1.54. The second-order valence-corrected chi connectivity index (χ2v) is 8.56. The second kappa shape index (κ2) is 14.8. The standard InChI is InChI=1S/C19H20F2N2O4.C9H9F2NO2/c1-25-6-7-27-19-16(4-3-5-22-19)23-11-12(8-17(23)24)18-14(20)9-13(26-2)10-15(18)21;1-12-8(13)6-2-4-7(5-3-6)14-9(10)11/h3-5,9-10,12H,6-8,11H2,1-2H3;2-5,9H,1H3,(H,12,13). The monoisotopic (exact) mass is 579 g/mol. The van der Waals surface area contributed by atoms with Gasteiger partial charge in [0.2, 0.25) is 11.8 Å². The number of nitrogens with zero attached hydrogens (tertiary/aromatic N) is 2. The Morgan fingerprint density at radius 1 is 1.07 bits per heavy atom. The van der Waals surface area contributed by atoms with Gasteiger partial charge in [0.05, 0.1) is 13.7 Å². The molecular weight excluding hydrogens is 550 g/mol. The normalized spacial score (nSPS) is 14.4. The molecule has 1 unspecified atom stereocenters. The first-order valence-electron chi connectivity index (χ1n) is 12.3. The number of rotatable bonds is 10. The second-order valence-electron chi connectivity index (χ2n) is 8.56. The van der Waals surface area contributed by atoms with E-state index in [4.69, 9.17) is 14.2 Å². The van der Waals surface area contributed by atoms with Crippen molar-refractivity contribution < 1.29 is 46.1 Å². The Morgan fingerprint density at radius 2 is 1.76 bits per heavy atom. The first kappa shape index (κ1) is 31.1. The molecule has 1 atom stereocenters. The molecule has 2 aromatic carbocycles. The summed E-state index contributed by atoms with van der Waals surface area (Å²) in [6, 6.07) is 11.1. The van der Waals surface area contributed by atoms with Gasteiger partial charge < -0.3 is 29.2 Å². The summed E-state index contributed by atoms with van der Waals surface area (Å²) >= 11 is 0. The summed E-state index contributed by atoms with van der Waals surface area (Å²) in [5, 5.41) is 2.41. The Kier molecular flexibility index (Phi) is 11.3. The predicted molar refractivity (Wildman–Crippen MR) is 141 cm³/mol. The summed E-state index contributed by atoms with van der Waals surface area (Å²) in [5.41, 5.74) is 0.752. The average Bonchev–Trinajstić information content (AvgIpc) is 3.33. The number of nitrogens with one attached hydrogen (secondary N) is 1. The summed E-state index contributed by atoms with van der Waals surface area (Å²) < 4.78 is 71.8. The minimum atomic E-state index is -2.85. The Balaban J connectivity index is 0.000000278. The molecule has 0 saturated carbocycles. The molecule has 4 rings (SSSR count). The highest BCUT2D eigenvalue weighted by atomic mass is 19.3. The molecule has 1 N–H and O–H groups in total. The predicted octanol–water partition coefficient (Wildman–Crippen LogP) is 4.56. The zero-order chi connectivity index (χ0) is 29.9. The van der Waals surface area contributed by atoms with Crippen LogP contribution in [-0.2, 0) is 9.53 Å². The van der Waals surface area contributed by atoms with Crippen molar-refractivity contribution in [3.63, 3.8) is 0 Å². The molecule has 0 bridgehead atoms. The lowest BCUT2D eigenvalue weighted by molar-refractivity contribution is -0.117. The van der Waals surface area contributed by atoms with Gasteiger partial charge >= 0.3 is 6.61 Å². The topological polar surface area (TPSA) is 99.2 Å². The molecule has 1 aliphatic heterocycles. The van der Waals surface area contributed by atoms with Gasteiger partial charge in [-0.1, -0.05) is 0 Å². The van der Waals surface area contributed by atoms with Crippen LogP contribution in [0.4, 0.5) is 23.2 Å².